The molecule has 152 valence electrons. The molecule has 1 heterocycles. The molecular weight excluding hydrogens is 366 g/mol. The van der Waals surface area contributed by atoms with Gasteiger partial charge in [-0.05, 0) is 81.2 Å². The summed E-state index contributed by atoms with van der Waals surface area (Å²) in [6, 6.07) is 5.63. The van der Waals surface area contributed by atoms with E-state index in [1.165, 1.54) is 0 Å². The fourth-order valence-corrected chi connectivity index (χ4v) is 4.35. The molecule has 0 saturated heterocycles. The van der Waals surface area contributed by atoms with Crippen LogP contribution in [0.25, 0.3) is 16.7 Å². The summed E-state index contributed by atoms with van der Waals surface area (Å²) in [4.78, 5) is 17.5. The lowest BCUT2D eigenvalue weighted by molar-refractivity contribution is -0.123. The first-order valence-electron chi connectivity index (χ1n) is 10.4. The average Bonchev–Trinajstić information content (AvgIpc) is 3.50. The second-order valence-electron chi connectivity index (χ2n) is 9.25. The van der Waals surface area contributed by atoms with Gasteiger partial charge in [0.2, 0.25) is 11.9 Å². The number of allylic oxidation sites excluding steroid dienone is 4. The van der Waals surface area contributed by atoms with E-state index in [1.807, 2.05) is 41.0 Å². The number of imidazole rings is 1. The first-order valence-corrected chi connectivity index (χ1v) is 10.4. The molecule has 0 aliphatic heterocycles. The van der Waals surface area contributed by atoms with Crippen molar-refractivity contribution in [2.75, 3.05) is 5.32 Å². The summed E-state index contributed by atoms with van der Waals surface area (Å²) in [7, 11) is 0. The Kier molecular flexibility index (Phi) is 4.02. The van der Waals surface area contributed by atoms with Crippen molar-refractivity contribution < 1.29 is 15.0 Å². The lowest BCUT2D eigenvalue weighted by atomic mass is 9.88. The van der Waals surface area contributed by atoms with Crippen LogP contribution in [0.5, 0.6) is 0 Å². The highest BCUT2D eigenvalue weighted by molar-refractivity contribution is 5.95. The number of carbonyl (C=O) groups excluding carboxylic acids is 1. The molecule has 0 spiro atoms. The quantitative estimate of drug-likeness (QED) is 0.671. The van der Waals surface area contributed by atoms with Crippen molar-refractivity contribution in [2.45, 2.75) is 57.2 Å². The van der Waals surface area contributed by atoms with Crippen molar-refractivity contribution in [1.29, 1.82) is 0 Å². The molecular formula is C23H27N3O3. The van der Waals surface area contributed by atoms with Crippen molar-refractivity contribution in [1.82, 2.24) is 9.55 Å². The van der Waals surface area contributed by atoms with Gasteiger partial charge in [0, 0.05) is 5.70 Å². The van der Waals surface area contributed by atoms with Gasteiger partial charge in [-0.3, -0.25) is 14.7 Å². The summed E-state index contributed by atoms with van der Waals surface area (Å²) in [6.07, 6.45) is 10.0. The minimum absolute atomic E-state index is 0.120. The van der Waals surface area contributed by atoms with Crippen LogP contribution in [0.2, 0.25) is 0 Å². The zero-order valence-electron chi connectivity index (χ0n) is 16.9. The van der Waals surface area contributed by atoms with Gasteiger partial charge < -0.3 is 10.2 Å². The van der Waals surface area contributed by atoms with E-state index in [4.69, 9.17) is 0 Å². The largest absolute Gasteiger partial charge is 0.389 e. The van der Waals surface area contributed by atoms with Crippen LogP contribution >= 0.6 is 0 Å². The molecule has 6 heteroatoms. The number of nitrogens with zero attached hydrogens (tertiary/aromatic N) is 2. The van der Waals surface area contributed by atoms with E-state index in [0.717, 1.165) is 48.0 Å². The van der Waals surface area contributed by atoms with Gasteiger partial charge in [0.05, 0.1) is 28.7 Å². The third kappa shape index (κ3) is 3.30. The van der Waals surface area contributed by atoms with Gasteiger partial charge in [-0.25, -0.2) is 4.98 Å². The smallest absolute Gasteiger partial charge is 0.229 e. The molecule has 2 saturated carbocycles. The Bertz CT molecular complexity index is 1040. The van der Waals surface area contributed by atoms with Crippen LogP contribution in [-0.4, -0.2) is 31.3 Å². The van der Waals surface area contributed by atoms with Crippen LogP contribution in [0, 0.1) is 11.8 Å². The summed E-state index contributed by atoms with van der Waals surface area (Å²) in [5.41, 5.74) is 1.44. The number of aliphatic hydroxyl groups is 2. The Hall–Kier alpha value is -2.44. The predicted octanol–water partition coefficient (Wildman–Crippen LogP) is 3.55. The molecule has 2 fully saturated rings. The van der Waals surface area contributed by atoms with Crippen molar-refractivity contribution in [3.05, 3.63) is 42.0 Å². The number of nitrogens with one attached hydrogen (secondary N) is 1. The van der Waals surface area contributed by atoms with E-state index in [1.54, 1.807) is 13.8 Å². The van der Waals surface area contributed by atoms with Crippen LogP contribution in [-0.2, 0) is 10.4 Å². The maximum absolute atomic E-state index is 12.9. The number of benzene rings is 1. The zero-order chi connectivity index (χ0) is 20.4. The average molecular weight is 393 g/mol. The number of rotatable bonds is 7. The molecule has 3 aliphatic carbocycles. The molecule has 0 atom stereocenters. The highest BCUT2D eigenvalue weighted by Crippen LogP contribution is 2.53. The number of fused-ring (bicyclic) bond motifs is 1. The predicted molar refractivity (Wildman–Crippen MR) is 112 cm³/mol. The third-order valence-electron chi connectivity index (χ3n) is 6.42. The Balaban J connectivity index is 1.47. The van der Waals surface area contributed by atoms with Crippen LogP contribution in [0.15, 0.2) is 36.4 Å². The zero-order valence-corrected chi connectivity index (χ0v) is 16.9. The van der Waals surface area contributed by atoms with Crippen molar-refractivity contribution >= 4 is 28.6 Å². The summed E-state index contributed by atoms with van der Waals surface area (Å²) >= 11 is 0. The SMILES string of the molecule is CC(C)(O)c1ccc2nc(NC(=O)CC(O)(C3CC3)C3CC3)n(C3=CC=C3)c2c1. The van der Waals surface area contributed by atoms with E-state index in [-0.39, 0.29) is 24.2 Å². The molecule has 0 unspecified atom stereocenters. The standard InChI is InChI=1S/C23H27N3O3/c1-22(2,28)16-10-11-18-19(12-16)26(17-4-3-5-17)21(24-18)25-20(27)13-23(29,14-6-7-14)15-8-9-15/h3-5,10-12,14-15,28-29H,6-9,13H2,1-2H3,(H,24,25,27). The van der Waals surface area contributed by atoms with Gasteiger partial charge >= 0.3 is 0 Å². The molecule has 0 radical (unpaired) electrons. The van der Waals surface area contributed by atoms with E-state index < -0.39 is 11.2 Å². The highest BCUT2D eigenvalue weighted by atomic mass is 16.3. The van der Waals surface area contributed by atoms with Gasteiger partial charge in [-0.1, -0.05) is 12.1 Å². The second kappa shape index (κ2) is 6.28. The molecule has 0 bridgehead atoms. The Morgan fingerprint density at radius 2 is 1.86 bits per heavy atom. The molecule has 1 aromatic heterocycles. The molecule has 3 N–H and O–H groups in total. The number of aromatic nitrogens is 2. The lowest BCUT2D eigenvalue weighted by Crippen LogP contribution is -2.38. The van der Waals surface area contributed by atoms with E-state index in [0.29, 0.717) is 5.95 Å². The highest BCUT2D eigenvalue weighted by Gasteiger charge is 2.54. The summed E-state index contributed by atoms with van der Waals surface area (Å²) in [5.74, 6) is 0.759. The van der Waals surface area contributed by atoms with Gasteiger partial charge in [-0.2, -0.15) is 0 Å². The van der Waals surface area contributed by atoms with Gasteiger partial charge in [0.1, 0.15) is 0 Å². The molecule has 6 nitrogen and oxygen atoms in total. The topological polar surface area (TPSA) is 87.4 Å². The monoisotopic (exact) mass is 393 g/mol. The second-order valence-corrected chi connectivity index (χ2v) is 9.25. The maximum atomic E-state index is 12.9. The van der Waals surface area contributed by atoms with Crippen molar-refractivity contribution in [3.63, 3.8) is 0 Å². The summed E-state index contributed by atoms with van der Waals surface area (Å²) in [6.45, 7) is 3.49. The molecule has 1 amide bonds. The molecule has 5 rings (SSSR count). The van der Waals surface area contributed by atoms with Crippen molar-refractivity contribution in [3.8, 4) is 0 Å². The normalized spacial score (nSPS) is 19.2. The fourth-order valence-electron chi connectivity index (χ4n) is 4.35. The van der Waals surface area contributed by atoms with E-state index >= 15 is 0 Å². The van der Waals surface area contributed by atoms with Crippen molar-refractivity contribution in [2.24, 2.45) is 11.8 Å². The van der Waals surface area contributed by atoms with Crippen LogP contribution in [0.4, 0.5) is 5.95 Å². The molecule has 29 heavy (non-hydrogen) atoms. The number of anilines is 1. The summed E-state index contributed by atoms with van der Waals surface area (Å²) < 4.78 is 1.90. The van der Waals surface area contributed by atoms with Gasteiger partial charge in [0.25, 0.3) is 0 Å². The molecule has 2 aromatic rings. The number of hydrogen-bond acceptors (Lipinski definition) is 4. The minimum Gasteiger partial charge on any atom is -0.389 e. The molecule has 1 aromatic carbocycles. The summed E-state index contributed by atoms with van der Waals surface area (Å²) in [5, 5.41) is 24.4. The maximum Gasteiger partial charge on any atom is 0.229 e. The number of amides is 1. The first kappa shape index (κ1) is 18.6. The Morgan fingerprint density at radius 3 is 2.38 bits per heavy atom. The molecule has 3 aliphatic rings. The number of hydrogen-bond donors (Lipinski definition) is 3. The van der Waals surface area contributed by atoms with E-state index in [2.05, 4.69) is 10.3 Å². The minimum atomic E-state index is -0.971. The van der Waals surface area contributed by atoms with Gasteiger partial charge in [-0.15, -0.1) is 0 Å². The number of carbonyl (C=O) groups is 1. The van der Waals surface area contributed by atoms with Gasteiger partial charge in [0.15, 0.2) is 0 Å². The van der Waals surface area contributed by atoms with Crippen LogP contribution < -0.4 is 5.32 Å². The lowest BCUT2D eigenvalue weighted by Gasteiger charge is -2.27. The third-order valence-corrected chi connectivity index (χ3v) is 6.42. The fraction of sp³-hybridized carbons (Fsp3) is 0.478. The van der Waals surface area contributed by atoms with Crippen LogP contribution in [0.1, 0.15) is 51.5 Å². The first-order chi connectivity index (χ1) is 13.8. The Morgan fingerprint density at radius 1 is 1.21 bits per heavy atom. The van der Waals surface area contributed by atoms with Crippen LogP contribution in [0.3, 0.4) is 0 Å². The Labute approximate surface area is 169 Å². The van der Waals surface area contributed by atoms with E-state index in [9.17, 15) is 15.0 Å².